The Labute approximate surface area is 109 Å². The van der Waals surface area contributed by atoms with Crippen LogP contribution in [0.4, 0.5) is 0 Å². The van der Waals surface area contributed by atoms with E-state index in [1.807, 2.05) is 0 Å². The van der Waals surface area contributed by atoms with E-state index in [0.29, 0.717) is 0 Å². The maximum absolute atomic E-state index is 3.56. The summed E-state index contributed by atoms with van der Waals surface area (Å²) in [5, 5.41) is 2.09. The quantitative estimate of drug-likeness (QED) is 0.568. The first kappa shape index (κ1) is 10.4. The number of thiophene rings is 2. The molecule has 0 aliphatic carbocycles. The summed E-state index contributed by atoms with van der Waals surface area (Å²) in [5.74, 6) is 0. The summed E-state index contributed by atoms with van der Waals surface area (Å²) >= 11 is 14.1. The van der Waals surface area contributed by atoms with Crippen molar-refractivity contribution in [3.8, 4) is 9.75 Å². The molecule has 0 fully saturated rings. The van der Waals surface area contributed by atoms with Gasteiger partial charge in [-0.2, -0.15) is 0 Å². The maximum atomic E-state index is 3.56. The number of hydrogen-bond donors (Lipinski definition) is 0. The highest BCUT2D eigenvalue weighted by atomic mass is 79.9. The fourth-order valence-corrected chi connectivity index (χ4v) is 5.04. The Balaban J connectivity index is 2.59. The zero-order valence-corrected chi connectivity index (χ0v) is 12.6. The molecule has 0 nitrogen and oxygen atoms in total. The molecule has 0 saturated heterocycles. The lowest BCUT2D eigenvalue weighted by Gasteiger charge is -1.91. The summed E-state index contributed by atoms with van der Waals surface area (Å²) in [6, 6.07) is 4.19. The van der Waals surface area contributed by atoms with Crippen LogP contribution in [0.15, 0.2) is 30.2 Å². The van der Waals surface area contributed by atoms with Crippen LogP contribution in [-0.2, 0) is 0 Å². The molecule has 0 aliphatic heterocycles. The van der Waals surface area contributed by atoms with Crippen molar-refractivity contribution in [2.45, 2.75) is 0 Å². The van der Waals surface area contributed by atoms with Crippen molar-refractivity contribution in [3.63, 3.8) is 0 Å². The van der Waals surface area contributed by atoms with Crippen LogP contribution in [0.2, 0.25) is 0 Å². The maximum Gasteiger partial charge on any atom is 0.0859 e. The molecule has 0 aliphatic rings. The summed E-state index contributed by atoms with van der Waals surface area (Å²) in [6.07, 6.45) is 0. The van der Waals surface area contributed by atoms with Crippen molar-refractivity contribution in [1.82, 2.24) is 0 Å². The van der Waals surface area contributed by atoms with Crippen LogP contribution >= 0.6 is 70.5 Å². The zero-order valence-electron chi connectivity index (χ0n) is 6.18. The minimum Gasteiger partial charge on any atom is -0.143 e. The smallest absolute Gasteiger partial charge is 0.0859 e. The lowest BCUT2D eigenvalue weighted by atomic mass is 10.4. The highest BCUT2D eigenvalue weighted by Crippen LogP contribution is 2.47. The lowest BCUT2D eigenvalue weighted by molar-refractivity contribution is 1.74. The number of rotatable bonds is 1. The minimum absolute atomic E-state index is 1.10. The fourth-order valence-electron chi connectivity index (χ4n) is 0.931. The van der Waals surface area contributed by atoms with E-state index >= 15 is 0 Å². The monoisotopic (exact) mass is 400 g/mol. The van der Waals surface area contributed by atoms with Gasteiger partial charge in [0, 0.05) is 4.88 Å². The summed E-state index contributed by atoms with van der Waals surface area (Å²) in [7, 11) is 0. The van der Waals surface area contributed by atoms with Crippen molar-refractivity contribution in [1.29, 1.82) is 0 Å². The van der Waals surface area contributed by atoms with Gasteiger partial charge in [0.1, 0.15) is 0 Å². The highest BCUT2D eigenvalue weighted by Gasteiger charge is 2.14. The first-order valence-electron chi connectivity index (χ1n) is 3.37. The third-order valence-corrected chi connectivity index (χ3v) is 7.59. The van der Waals surface area contributed by atoms with Crippen molar-refractivity contribution in [2.24, 2.45) is 0 Å². The Hall–Kier alpha value is 0.840. The normalized spacial score (nSPS) is 10.7. The van der Waals surface area contributed by atoms with Gasteiger partial charge >= 0.3 is 0 Å². The Morgan fingerprint density at radius 2 is 1.85 bits per heavy atom. The molecule has 2 heterocycles. The molecule has 68 valence electrons. The highest BCUT2D eigenvalue weighted by molar-refractivity contribution is 9.14. The third kappa shape index (κ3) is 1.95. The van der Waals surface area contributed by atoms with E-state index in [2.05, 4.69) is 65.3 Å². The van der Waals surface area contributed by atoms with E-state index in [1.54, 1.807) is 22.7 Å². The van der Waals surface area contributed by atoms with Gasteiger partial charge in [-0.3, -0.25) is 0 Å². The second-order valence-corrected chi connectivity index (χ2v) is 7.18. The molecule has 5 heteroatoms. The average Bonchev–Trinajstić information content (AvgIpc) is 2.70. The van der Waals surface area contributed by atoms with Crippen molar-refractivity contribution >= 4 is 70.5 Å². The van der Waals surface area contributed by atoms with E-state index in [1.165, 1.54) is 9.75 Å². The van der Waals surface area contributed by atoms with Gasteiger partial charge < -0.3 is 0 Å². The second kappa shape index (κ2) is 4.14. The van der Waals surface area contributed by atoms with Gasteiger partial charge in [-0.1, -0.05) is 6.07 Å². The molecule has 0 N–H and O–H groups in total. The van der Waals surface area contributed by atoms with Crippen LogP contribution < -0.4 is 0 Å². The molecular formula is C8H3Br3S2. The zero-order chi connectivity index (χ0) is 9.42. The largest absolute Gasteiger partial charge is 0.143 e. The summed E-state index contributed by atoms with van der Waals surface area (Å²) < 4.78 is 3.36. The van der Waals surface area contributed by atoms with Crippen LogP contribution in [-0.4, -0.2) is 0 Å². The fraction of sp³-hybridized carbons (Fsp3) is 0. The Morgan fingerprint density at radius 3 is 2.31 bits per heavy atom. The molecule has 2 aromatic rings. The molecule has 0 saturated carbocycles. The second-order valence-electron chi connectivity index (χ2n) is 2.31. The molecule has 0 aromatic carbocycles. The molecule has 0 radical (unpaired) electrons. The van der Waals surface area contributed by atoms with Crippen LogP contribution in [0, 0.1) is 0 Å². The van der Waals surface area contributed by atoms with Crippen LogP contribution in [0.1, 0.15) is 0 Å². The summed E-state index contributed by atoms with van der Waals surface area (Å²) in [5.41, 5.74) is 0. The third-order valence-electron chi connectivity index (χ3n) is 1.50. The molecule has 0 atom stereocenters. The molecule has 0 unspecified atom stereocenters. The summed E-state index contributed by atoms with van der Waals surface area (Å²) in [6.45, 7) is 0. The van der Waals surface area contributed by atoms with Gasteiger partial charge in [0.15, 0.2) is 0 Å². The van der Waals surface area contributed by atoms with Crippen LogP contribution in [0.3, 0.4) is 0 Å². The Bertz CT molecular complexity index is 417. The van der Waals surface area contributed by atoms with Crippen molar-refractivity contribution < 1.29 is 0 Å². The van der Waals surface area contributed by atoms with Crippen molar-refractivity contribution in [2.75, 3.05) is 0 Å². The van der Waals surface area contributed by atoms with Crippen molar-refractivity contribution in [3.05, 3.63) is 30.2 Å². The molecular weight excluding hydrogens is 400 g/mol. The van der Waals surface area contributed by atoms with Gasteiger partial charge in [-0.25, -0.2) is 0 Å². The van der Waals surface area contributed by atoms with E-state index < -0.39 is 0 Å². The number of halogens is 3. The predicted octanol–water partition coefficient (Wildman–Crippen LogP) is 5.76. The Kier molecular flexibility index (Phi) is 3.30. The lowest BCUT2D eigenvalue weighted by Crippen LogP contribution is -1.63. The van der Waals surface area contributed by atoms with Crippen LogP contribution in [0.5, 0.6) is 0 Å². The van der Waals surface area contributed by atoms with E-state index in [-0.39, 0.29) is 0 Å². The number of hydrogen-bond acceptors (Lipinski definition) is 2. The Morgan fingerprint density at radius 1 is 1.08 bits per heavy atom. The minimum atomic E-state index is 1.10. The van der Waals surface area contributed by atoms with Gasteiger partial charge in [-0.15, -0.1) is 22.7 Å². The molecule has 0 amide bonds. The van der Waals surface area contributed by atoms with Gasteiger partial charge in [-0.05, 0) is 59.2 Å². The summed E-state index contributed by atoms with van der Waals surface area (Å²) in [4.78, 5) is 2.57. The SMILES string of the molecule is Brc1sc(-c2cccs2)c(Br)c1Br. The first-order chi connectivity index (χ1) is 6.20. The molecule has 0 bridgehead atoms. The predicted molar refractivity (Wildman–Crippen MR) is 70.7 cm³/mol. The molecule has 2 aromatic heterocycles. The molecule has 13 heavy (non-hydrogen) atoms. The van der Waals surface area contributed by atoms with E-state index in [4.69, 9.17) is 0 Å². The molecule has 2 rings (SSSR count). The van der Waals surface area contributed by atoms with E-state index in [0.717, 1.165) is 12.7 Å². The standard InChI is InChI=1S/C8H3Br3S2/c9-5-6(10)8(11)13-7(5)4-2-1-3-12-4/h1-3H. The van der Waals surface area contributed by atoms with Crippen LogP contribution in [0.25, 0.3) is 9.75 Å². The van der Waals surface area contributed by atoms with Gasteiger partial charge in [0.25, 0.3) is 0 Å². The topological polar surface area (TPSA) is 0 Å². The first-order valence-corrected chi connectivity index (χ1v) is 7.45. The van der Waals surface area contributed by atoms with Gasteiger partial charge in [0.2, 0.25) is 0 Å². The van der Waals surface area contributed by atoms with E-state index in [9.17, 15) is 0 Å². The van der Waals surface area contributed by atoms with Gasteiger partial charge in [0.05, 0.1) is 17.6 Å². The molecule has 0 spiro atoms. The average molecular weight is 403 g/mol.